The largest absolute Gasteiger partial charge is 0.364 e. The molecule has 2 aromatic rings. The van der Waals surface area contributed by atoms with Crippen LogP contribution in [0.4, 0.5) is 10.1 Å². The zero-order valence-corrected chi connectivity index (χ0v) is 17.5. The zero-order chi connectivity index (χ0) is 20.4. The van der Waals surface area contributed by atoms with E-state index in [0.717, 1.165) is 43.7 Å². The number of anilines is 1. The van der Waals surface area contributed by atoms with Crippen LogP contribution in [0.2, 0.25) is 0 Å². The van der Waals surface area contributed by atoms with Crippen LogP contribution in [0.5, 0.6) is 0 Å². The highest BCUT2D eigenvalue weighted by Gasteiger charge is 2.55. The van der Waals surface area contributed by atoms with Crippen molar-refractivity contribution in [2.75, 3.05) is 18.0 Å². The Balaban J connectivity index is 1.46. The van der Waals surface area contributed by atoms with Gasteiger partial charge in [0.2, 0.25) is 0 Å². The van der Waals surface area contributed by atoms with E-state index in [-0.39, 0.29) is 22.8 Å². The summed E-state index contributed by atoms with van der Waals surface area (Å²) >= 11 is 0. The molecular weight excluding hydrogens is 367 g/mol. The maximum absolute atomic E-state index is 13.9. The van der Waals surface area contributed by atoms with Crippen molar-refractivity contribution in [3.8, 4) is 0 Å². The van der Waals surface area contributed by atoms with Crippen molar-refractivity contribution in [2.45, 2.75) is 62.9 Å². The molecule has 2 aliphatic heterocycles. The van der Waals surface area contributed by atoms with Gasteiger partial charge in [-0.05, 0) is 70.2 Å². The van der Waals surface area contributed by atoms with E-state index < -0.39 is 0 Å². The molecule has 2 saturated heterocycles. The highest BCUT2D eigenvalue weighted by Crippen LogP contribution is 2.47. The summed E-state index contributed by atoms with van der Waals surface area (Å²) in [5, 5.41) is 4.60. The number of rotatable bonds is 3. The number of hydrogen-bond acceptors (Lipinski definition) is 3. The fourth-order valence-electron chi connectivity index (χ4n) is 5.56. The monoisotopic (exact) mass is 396 g/mol. The number of amides is 1. The molecule has 29 heavy (non-hydrogen) atoms. The molecular formula is C23H29FN4O. The van der Waals surface area contributed by atoms with E-state index in [9.17, 15) is 9.18 Å². The second-order valence-corrected chi connectivity index (χ2v) is 9.69. The standard InChI is InChI=1S/C23H29FN4O/c1-22(2)14-23(15-28(22)18-7-4-6-17(24)12-18)10-5-11-27(23)21(29)20-13-19(16-8-9-16)25-26(20)3/h4,6-7,12-13,16H,5,8-11,14-15H2,1-3H3. The summed E-state index contributed by atoms with van der Waals surface area (Å²) in [7, 11) is 1.87. The minimum Gasteiger partial charge on any atom is -0.364 e. The van der Waals surface area contributed by atoms with E-state index >= 15 is 0 Å². The first kappa shape index (κ1) is 18.6. The lowest BCUT2D eigenvalue weighted by Gasteiger charge is -2.35. The summed E-state index contributed by atoms with van der Waals surface area (Å²) in [6.45, 7) is 5.91. The van der Waals surface area contributed by atoms with Crippen LogP contribution in [0.25, 0.3) is 0 Å². The number of hydrogen-bond donors (Lipinski definition) is 0. The summed E-state index contributed by atoms with van der Waals surface area (Å²) in [4.78, 5) is 17.9. The van der Waals surface area contributed by atoms with Gasteiger partial charge in [0, 0.05) is 37.3 Å². The fourth-order valence-corrected chi connectivity index (χ4v) is 5.56. The Labute approximate surface area is 171 Å². The van der Waals surface area contributed by atoms with Gasteiger partial charge >= 0.3 is 0 Å². The summed E-state index contributed by atoms with van der Waals surface area (Å²) in [6, 6.07) is 8.81. The normalized spacial score (nSPS) is 25.9. The van der Waals surface area contributed by atoms with E-state index in [0.29, 0.717) is 11.6 Å². The Morgan fingerprint density at radius 1 is 1.24 bits per heavy atom. The van der Waals surface area contributed by atoms with Gasteiger partial charge in [0.15, 0.2) is 0 Å². The molecule has 0 N–H and O–H groups in total. The van der Waals surface area contributed by atoms with Gasteiger partial charge in [-0.1, -0.05) is 6.07 Å². The van der Waals surface area contributed by atoms with Crippen molar-refractivity contribution in [2.24, 2.45) is 7.05 Å². The van der Waals surface area contributed by atoms with Gasteiger partial charge in [-0.15, -0.1) is 0 Å². The maximum Gasteiger partial charge on any atom is 0.272 e. The van der Waals surface area contributed by atoms with Crippen LogP contribution >= 0.6 is 0 Å². The topological polar surface area (TPSA) is 41.4 Å². The lowest BCUT2D eigenvalue weighted by Crippen LogP contribution is -2.49. The number of carbonyl (C=O) groups excluding carboxylic acids is 1. The number of aryl methyl sites for hydroxylation is 1. The molecule has 1 spiro atoms. The molecule has 1 saturated carbocycles. The second kappa shape index (κ2) is 6.31. The Morgan fingerprint density at radius 2 is 2.03 bits per heavy atom. The average Bonchev–Trinajstić information content (AvgIpc) is 3.24. The third kappa shape index (κ3) is 3.04. The van der Waals surface area contributed by atoms with Gasteiger partial charge in [0.1, 0.15) is 11.5 Å². The van der Waals surface area contributed by atoms with Crippen LogP contribution in [-0.2, 0) is 7.05 Å². The Kier molecular flexibility index (Phi) is 4.06. The Hall–Kier alpha value is -2.37. The average molecular weight is 397 g/mol. The number of halogens is 1. The van der Waals surface area contributed by atoms with Crippen molar-refractivity contribution >= 4 is 11.6 Å². The smallest absolute Gasteiger partial charge is 0.272 e. The molecule has 1 aliphatic carbocycles. The zero-order valence-electron chi connectivity index (χ0n) is 17.5. The molecule has 5 nitrogen and oxygen atoms in total. The molecule has 0 bridgehead atoms. The molecule has 1 atom stereocenters. The first-order valence-corrected chi connectivity index (χ1v) is 10.7. The minimum absolute atomic E-state index is 0.0845. The Bertz CT molecular complexity index is 964. The van der Waals surface area contributed by atoms with Gasteiger partial charge in [0.05, 0.1) is 11.2 Å². The molecule has 5 rings (SSSR count). The van der Waals surface area contributed by atoms with Crippen molar-refractivity contribution in [3.05, 3.63) is 47.5 Å². The van der Waals surface area contributed by atoms with Crippen LogP contribution in [0.15, 0.2) is 30.3 Å². The number of aromatic nitrogens is 2. The van der Waals surface area contributed by atoms with Crippen LogP contribution < -0.4 is 4.90 Å². The Morgan fingerprint density at radius 3 is 2.76 bits per heavy atom. The molecule has 3 aliphatic rings. The van der Waals surface area contributed by atoms with E-state index in [2.05, 4.69) is 28.7 Å². The van der Waals surface area contributed by atoms with Gasteiger partial charge in [-0.2, -0.15) is 5.10 Å². The van der Waals surface area contributed by atoms with Gasteiger partial charge in [-0.3, -0.25) is 9.48 Å². The van der Waals surface area contributed by atoms with Gasteiger partial charge in [-0.25, -0.2) is 4.39 Å². The molecule has 3 fully saturated rings. The second-order valence-electron chi connectivity index (χ2n) is 9.69. The van der Waals surface area contributed by atoms with Gasteiger partial charge in [0.25, 0.3) is 5.91 Å². The number of nitrogens with zero attached hydrogens (tertiary/aromatic N) is 4. The lowest BCUT2D eigenvalue weighted by molar-refractivity contribution is 0.0606. The summed E-state index contributed by atoms with van der Waals surface area (Å²) < 4.78 is 15.6. The third-order valence-electron chi connectivity index (χ3n) is 7.02. The highest BCUT2D eigenvalue weighted by atomic mass is 19.1. The predicted octanol–water partition coefficient (Wildman–Crippen LogP) is 4.10. The minimum atomic E-state index is -0.221. The van der Waals surface area contributed by atoms with Crippen LogP contribution in [-0.4, -0.2) is 44.8 Å². The highest BCUT2D eigenvalue weighted by molar-refractivity contribution is 5.93. The fraction of sp³-hybridized carbons (Fsp3) is 0.565. The van der Waals surface area contributed by atoms with Crippen molar-refractivity contribution in [3.63, 3.8) is 0 Å². The molecule has 3 heterocycles. The number of benzene rings is 1. The third-order valence-corrected chi connectivity index (χ3v) is 7.02. The van der Waals surface area contributed by atoms with E-state index in [1.807, 2.05) is 19.2 Å². The molecule has 6 heteroatoms. The number of carbonyl (C=O) groups is 1. The summed E-state index contributed by atoms with van der Waals surface area (Å²) in [5.74, 6) is 0.395. The van der Waals surface area contributed by atoms with Crippen molar-refractivity contribution in [1.29, 1.82) is 0 Å². The molecule has 0 radical (unpaired) electrons. The molecule has 1 unspecified atom stereocenters. The SMILES string of the molecule is Cn1nc(C2CC2)cc1C(=O)N1CCCC12CN(c1cccc(F)c1)C(C)(C)C2. The van der Waals surface area contributed by atoms with Crippen LogP contribution in [0, 0.1) is 5.82 Å². The molecule has 1 aromatic heterocycles. The maximum atomic E-state index is 13.9. The van der Waals surface area contributed by atoms with Crippen LogP contribution in [0.1, 0.15) is 68.1 Å². The lowest BCUT2D eigenvalue weighted by atomic mass is 9.87. The predicted molar refractivity (Wildman–Crippen MR) is 111 cm³/mol. The molecule has 1 aromatic carbocycles. The number of likely N-dealkylation sites (tertiary alicyclic amines) is 1. The quantitative estimate of drug-likeness (QED) is 0.784. The van der Waals surface area contributed by atoms with E-state index in [4.69, 9.17) is 0 Å². The summed E-state index contributed by atoms with van der Waals surface area (Å²) in [5.41, 5.74) is 2.27. The van der Waals surface area contributed by atoms with Crippen molar-refractivity contribution < 1.29 is 9.18 Å². The molecule has 154 valence electrons. The van der Waals surface area contributed by atoms with E-state index in [1.54, 1.807) is 16.8 Å². The van der Waals surface area contributed by atoms with Crippen LogP contribution in [0.3, 0.4) is 0 Å². The van der Waals surface area contributed by atoms with E-state index in [1.165, 1.54) is 18.9 Å². The first-order valence-electron chi connectivity index (χ1n) is 10.7. The first-order chi connectivity index (χ1) is 13.8. The summed E-state index contributed by atoms with van der Waals surface area (Å²) in [6.07, 6.45) is 5.23. The molecule has 1 amide bonds. The van der Waals surface area contributed by atoms with Crippen molar-refractivity contribution in [1.82, 2.24) is 14.7 Å². The van der Waals surface area contributed by atoms with Gasteiger partial charge < -0.3 is 9.80 Å².